The first-order valence-corrected chi connectivity index (χ1v) is 8.80. The second-order valence-electron chi connectivity index (χ2n) is 6.82. The van der Waals surface area contributed by atoms with Crippen LogP contribution in [0.3, 0.4) is 0 Å². The fourth-order valence-corrected chi connectivity index (χ4v) is 3.14. The molecule has 2 aromatic heterocycles. The molecule has 0 aromatic carbocycles. The third-order valence-corrected chi connectivity index (χ3v) is 4.46. The SMILES string of the molecule is CNc1cc(C(=O)N2CCCn3nc(C(O)CN(C)C)cc3C2)ccn1. The average molecular weight is 358 g/mol. The van der Waals surface area contributed by atoms with Gasteiger partial charge in [0.1, 0.15) is 11.9 Å². The standard InChI is InChI=1S/C18H26N6O2/c1-19-17-9-13(5-6-20-17)18(26)23-7-4-8-24-14(11-23)10-15(21-24)16(25)12-22(2)3/h5-6,9-10,16,25H,4,7-8,11-12H2,1-3H3,(H,19,20). The smallest absolute Gasteiger partial charge is 0.254 e. The molecule has 1 aliphatic heterocycles. The van der Waals surface area contributed by atoms with Gasteiger partial charge in [-0.1, -0.05) is 0 Å². The number of aliphatic hydroxyl groups excluding tert-OH is 1. The molecule has 3 rings (SSSR count). The van der Waals surface area contributed by atoms with Gasteiger partial charge in [0.25, 0.3) is 5.91 Å². The first-order valence-electron chi connectivity index (χ1n) is 8.80. The number of hydrogen-bond donors (Lipinski definition) is 2. The number of hydrogen-bond acceptors (Lipinski definition) is 6. The summed E-state index contributed by atoms with van der Waals surface area (Å²) in [5.41, 5.74) is 2.22. The first kappa shape index (κ1) is 18.3. The Kier molecular flexibility index (Phi) is 5.53. The molecular weight excluding hydrogens is 332 g/mol. The van der Waals surface area contributed by atoms with Crippen molar-refractivity contribution in [3.05, 3.63) is 41.3 Å². The lowest BCUT2D eigenvalue weighted by molar-refractivity contribution is 0.0745. The van der Waals surface area contributed by atoms with E-state index in [0.717, 1.165) is 18.7 Å². The third kappa shape index (κ3) is 4.03. The van der Waals surface area contributed by atoms with Crippen LogP contribution in [0.15, 0.2) is 24.4 Å². The highest BCUT2D eigenvalue weighted by atomic mass is 16.3. The summed E-state index contributed by atoms with van der Waals surface area (Å²) in [5.74, 6) is 0.652. The molecule has 2 N–H and O–H groups in total. The molecule has 0 saturated carbocycles. The zero-order valence-corrected chi connectivity index (χ0v) is 15.5. The zero-order valence-electron chi connectivity index (χ0n) is 15.5. The Bertz CT molecular complexity index is 773. The van der Waals surface area contributed by atoms with Crippen LogP contribution in [-0.4, -0.2) is 69.8 Å². The van der Waals surface area contributed by atoms with E-state index in [2.05, 4.69) is 15.4 Å². The van der Waals surface area contributed by atoms with E-state index in [9.17, 15) is 9.90 Å². The van der Waals surface area contributed by atoms with Crippen LogP contribution in [-0.2, 0) is 13.1 Å². The normalized spacial score (nSPS) is 15.5. The van der Waals surface area contributed by atoms with Gasteiger partial charge in [0, 0.05) is 38.4 Å². The van der Waals surface area contributed by atoms with Crippen molar-refractivity contribution < 1.29 is 9.90 Å². The predicted molar refractivity (Wildman–Crippen MR) is 98.9 cm³/mol. The van der Waals surface area contributed by atoms with E-state index < -0.39 is 6.10 Å². The lowest BCUT2D eigenvalue weighted by Gasteiger charge is -2.20. The van der Waals surface area contributed by atoms with E-state index in [0.29, 0.717) is 36.7 Å². The van der Waals surface area contributed by atoms with Gasteiger partial charge in [-0.2, -0.15) is 5.10 Å². The number of aliphatic hydroxyl groups is 1. The summed E-state index contributed by atoms with van der Waals surface area (Å²) in [6, 6.07) is 5.40. The fourth-order valence-electron chi connectivity index (χ4n) is 3.14. The van der Waals surface area contributed by atoms with Crippen molar-refractivity contribution in [2.24, 2.45) is 0 Å². The van der Waals surface area contributed by atoms with Gasteiger partial charge in [0.2, 0.25) is 0 Å². The average Bonchev–Trinajstić information content (AvgIpc) is 2.92. The van der Waals surface area contributed by atoms with E-state index in [4.69, 9.17) is 0 Å². The van der Waals surface area contributed by atoms with Crippen LogP contribution in [0.4, 0.5) is 5.82 Å². The van der Waals surface area contributed by atoms with E-state index >= 15 is 0 Å². The first-order chi connectivity index (χ1) is 12.5. The summed E-state index contributed by atoms with van der Waals surface area (Å²) in [7, 11) is 5.61. The molecular formula is C18H26N6O2. The van der Waals surface area contributed by atoms with E-state index in [-0.39, 0.29) is 5.91 Å². The molecule has 1 aliphatic rings. The number of pyridine rings is 1. The topological polar surface area (TPSA) is 86.5 Å². The van der Waals surface area contributed by atoms with Crippen LogP contribution < -0.4 is 5.32 Å². The Balaban J connectivity index is 1.78. The summed E-state index contributed by atoms with van der Waals surface area (Å²) in [4.78, 5) is 20.8. The number of likely N-dealkylation sites (N-methyl/N-ethyl adjacent to an activating group) is 1. The van der Waals surface area contributed by atoms with Gasteiger partial charge in [0.15, 0.2) is 0 Å². The Morgan fingerprint density at radius 3 is 2.92 bits per heavy atom. The van der Waals surface area contributed by atoms with E-state index in [1.807, 2.05) is 34.6 Å². The van der Waals surface area contributed by atoms with Crippen LogP contribution in [0.2, 0.25) is 0 Å². The third-order valence-electron chi connectivity index (χ3n) is 4.46. The van der Waals surface area contributed by atoms with Gasteiger partial charge >= 0.3 is 0 Å². The summed E-state index contributed by atoms with van der Waals surface area (Å²) < 4.78 is 1.91. The summed E-state index contributed by atoms with van der Waals surface area (Å²) in [5, 5.41) is 17.8. The van der Waals surface area contributed by atoms with Crippen LogP contribution >= 0.6 is 0 Å². The molecule has 0 bridgehead atoms. The number of amides is 1. The van der Waals surface area contributed by atoms with Crippen LogP contribution in [0.5, 0.6) is 0 Å². The summed E-state index contributed by atoms with van der Waals surface area (Å²) >= 11 is 0. The quantitative estimate of drug-likeness (QED) is 0.828. The molecule has 0 saturated heterocycles. The highest BCUT2D eigenvalue weighted by Gasteiger charge is 2.23. The van der Waals surface area contributed by atoms with Crippen molar-refractivity contribution in [1.82, 2.24) is 24.6 Å². The van der Waals surface area contributed by atoms with Crippen molar-refractivity contribution in [3.8, 4) is 0 Å². The fraction of sp³-hybridized carbons (Fsp3) is 0.500. The Morgan fingerprint density at radius 2 is 2.19 bits per heavy atom. The number of fused-ring (bicyclic) bond motifs is 1. The van der Waals surface area contributed by atoms with Gasteiger partial charge < -0.3 is 20.2 Å². The van der Waals surface area contributed by atoms with Gasteiger partial charge in [-0.3, -0.25) is 9.48 Å². The Labute approximate surface area is 153 Å². The van der Waals surface area contributed by atoms with Gasteiger partial charge in [-0.25, -0.2) is 4.98 Å². The highest BCUT2D eigenvalue weighted by Crippen LogP contribution is 2.20. The zero-order chi connectivity index (χ0) is 18.7. The van der Waals surface area contributed by atoms with Gasteiger partial charge in [-0.05, 0) is 38.7 Å². The minimum Gasteiger partial charge on any atom is -0.385 e. The minimum absolute atomic E-state index is 0.0195. The predicted octanol–water partition coefficient (Wildman–Crippen LogP) is 0.961. The molecule has 8 nitrogen and oxygen atoms in total. The van der Waals surface area contributed by atoms with Crippen LogP contribution in [0, 0.1) is 0 Å². The maximum atomic E-state index is 12.9. The van der Waals surface area contributed by atoms with Crippen molar-refractivity contribution in [1.29, 1.82) is 0 Å². The van der Waals surface area contributed by atoms with Crippen molar-refractivity contribution in [2.45, 2.75) is 25.6 Å². The van der Waals surface area contributed by atoms with Crippen molar-refractivity contribution >= 4 is 11.7 Å². The lowest BCUT2D eigenvalue weighted by atomic mass is 10.2. The van der Waals surface area contributed by atoms with Gasteiger partial charge in [-0.15, -0.1) is 0 Å². The molecule has 140 valence electrons. The van der Waals surface area contributed by atoms with Crippen LogP contribution in [0.25, 0.3) is 0 Å². The second-order valence-corrected chi connectivity index (χ2v) is 6.82. The molecule has 1 amide bonds. The Hall–Kier alpha value is -2.45. The van der Waals surface area contributed by atoms with Crippen molar-refractivity contribution in [2.75, 3.05) is 39.5 Å². The van der Waals surface area contributed by atoms with E-state index in [1.54, 1.807) is 25.4 Å². The lowest BCUT2D eigenvalue weighted by Crippen LogP contribution is -2.30. The summed E-state index contributed by atoms with van der Waals surface area (Å²) in [6.07, 6.45) is 1.83. The van der Waals surface area contributed by atoms with Crippen molar-refractivity contribution in [3.63, 3.8) is 0 Å². The number of aryl methyl sites for hydroxylation is 1. The number of anilines is 1. The van der Waals surface area contributed by atoms with E-state index in [1.165, 1.54) is 0 Å². The molecule has 0 fully saturated rings. The van der Waals surface area contributed by atoms with Crippen LogP contribution in [0.1, 0.15) is 34.3 Å². The maximum Gasteiger partial charge on any atom is 0.254 e. The molecule has 0 aliphatic carbocycles. The largest absolute Gasteiger partial charge is 0.385 e. The second kappa shape index (κ2) is 7.84. The maximum absolute atomic E-state index is 12.9. The molecule has 1 atom stereocenters. The number of carbonyl (C=O) groups is 1. The number of carbonyl (C=O) groups excluding carboxylic acids is 1. The summed E-state index contributed by atoms with van der Waals surface area (Å²) in [6.45, 7) is 2.42. The highest BCUT2D eigenvalue weighted by molar-refractivity contribution is 5.94. The molecule has 8 heteroatoms. The molecule has 26 heavy (non-hydrogen) atoms. The molecule has 1 unspecified atom stereocenters. The number of aromatic nitrogens is 3. The molecule has 0 radical (unpaired) electrons. The number of rotatable bonds is 5. The van der Waals surface area contributed by atoms with Gasteiger partial charge in [0.05, 0.1) is 17.9 Å². The molecule has 3 heterocycles. The monoisotopic (exact) mass is 358 g/mol. The number of nitrogens with one attached hydrogen (secondary N) is 1. The number of nitrogens with zero attached hydrogens (tertiary/aromatic N) is 5. The minimum atomic E-state index is -0.632. The molecule has 2 aromatic rings. The molecule has 0 spiro atoms. The Morgan fingerprint density at radius 1 is 1.38 bits per heavy atom.